The van der Waals surface area contributed by atoms with Crippen LogP contribution in [0.4, 0.5) is 0 Å². The maximum absolute atomic E-state index is 11.6. The lowest BCUT2D eigenvalue weighted by atomic mass is 9.90. The van der Waals surface area contributed by atoms with E-state index in [1.807, 2.05) is 17.5 Å². The molecule has 1 fully saturated rings. The number of ketones is 1. The second-order valence-corrected chi connectivity index (χ2v) is 5.37. The second kappa shape index (κ2) is 6.16. The number of rotatable bonds is 5. The van der Waals surface area contributed by atoms with E-state index in [9.17, 15) is 4.79 Å². The van der Waals surface area contributed by atoms with Crippen LogP contribution in [0.15, 0.2) is 17.5 Å². The molecule has 0 radical (unpaired) electrons. The van der Waals surface area contributed by atoms with Crippen LogP contribution in [-0.4, -0.2) is 19.0 Å². The summed E-state index contributed by atoms with van der Waals surface area (Å²) in [5.74, 6) is 0.802. The highest BCUT2D eigenvalue weighted by molar-refractivity contribution is 7.12. The molecule has 1 aromatic rings. The molecular formula is C13H18O2S. The number of hydrogen-bond donors (Lipinski definition) is 0. The van der Waals surface area contributed by atoms with Gasteiger partial charge in [-0.25, -0.2) is 0 Å². The van der Waals surface area contributed by atoms with Crippen molar-refractivity contribution in [2.75, 3.05) is 13.2 Å². The van der Waals surface area contributed by atoms with E-state index in [2.05, 4.69) is 0 Å². The molecule has 0 N–H and O–H groups in total. The van der Waals surface area contributed by atoms with Crippen LogP contribution in [0.3, 0.4) is 0 Å². The Morgan fingerprint density at radius 3 is 2.88 bits per heavy atom. The second-order valence-electron chi connectivity index (χ2n) is 4.42. The van der Waals surface area contributed by atoms with Gasteiger partial charge in [-0.15, -0.1) is 11.3 Å². The monoisotopic (exact) mass is 238 g/mol. The van der Waals surface area contributed by atoms with Gasteiger partial charge in [-0.2, -0.15) is 0 Å². The van der Waals surface area contributed by atoms with Crippen LogP contribution in [0.2, 0.25) is 0 Å². The van der Waals surface area contributed by atoms with E-state index in [1.54, 1.807) is 0 Å². The highest BCUT2D eigenvalue weighted by Crippen LogP contribution is 2.23. The normalized spacial score (nSPS) is 17.5. The van der Waals surface area contributed by atoms with Gasteiger partial charge in [-0.05, 0) is 30.2 Å². The third kappa shape index (κ3) is 3.42. The highest BCUT2D eigenvalue weighted by atomic mass is 32.1. The van der Waals surface area contributed by atoms with E-state index >= 15 is 0 Å². The molecule has 1 aromatic heterocycles. The van der Waals surface area contributed by atoms with E-state index in [0.29, 0.717) is 5.92 Å². The van der Waals surface area contributed by atoms with E-state index < -0.39 is 0 Å². The molecule has 0 bridgehead atoms. The largest absolute Gasteiger partial charge is 0.373 e. The van der Waals surface area contributed by atoms with E-state index in [1.165, 1.54) is 43.4 Å². The summed E-state index contributed by atoms with van der Waals surface area (Å²) in [7, 11) is 0. The minimum atomic E-state index is 0.116. The van der Waals surface area contributed by atoms with Crippen molar-refractivity contribution in [3.8, 4) is 0 Å². The Labute approximate surface area is 101 Å². The maximum Gasteiger partial charge on any atom is 0.198 e. The molecule has 0 aromatic carbocycles. The fourth-order valence-electron chi connectivity index (χ4n) is 2.18. The summed E-state index contributed by atoms with van der Waals surface area (Å²) in [5, 5.41) is 1.92. The van der Waals surface area contributed by atoms with Gasteiger partial charge in [0, 0.05) is 0 Å². The molecule has 0 amide bonds. The minimum absolute atomic E-state index is 0.116. The molecule has 3 heteroatoms. The molecule has 0 unspecified atom stereocenters. The molecule has 1 aliphatic carbocycles. The van der Waals surface area contributed by atoms with Gasteiger partial charge in [-0.3, -0.25) is 4.79 Å². The first-order valence-electron chi connectivity index (χ1n) is 6.00. The summed E-state index contributed by atoms with van der Waals surface area (Å²) in [5.41, 5.74) is 0. The lowest BCUT2D eigenvalue weighted by molar-refractivity contribution is 0.0632. The molecule has 0 spiro atoms. The van der Waals surface area contributed by atoms with Gasteiger partial charge in [0.2, 0.25) is 0 Å². The molecule has 2 rings (SSSR count). The molecule has 0 atom stereocenters. The number of Topliss-reactive ketones (excluding diaryl/α,β-unsaturated/α-hetero) is 1. The lowest BCUT2D eigenvalue weighted by Gasteiger charge is -2.20. The quantitative estimate of drug-likeness (QED) is 0.734. The zero-order valence-corrected chi connectivity index (χ0v) is 10.3. The Kier molecular flexibility index (Phi) is 4.55. The summed E-state index contributed by atoms with van der Waals surface area (Å²) < 4.78 is 5.52. The van der Waals surface area contributed by atoms with E-state index in [0.717, 1.165) is 11.5 Å². The molecule has 0 saturated heterocycles. The van der Waals surface area contributed by atoms with Crippen LogP contribution in [0.25, 0.3) is 0 Å². The van der Waals surface area contributed by atoms with Crippen LogP contribution < -0.4 is 0 Å². The van der Waals surface area contributed by atoms with Crippen molar-refractivity contribution in [1.82, 2.24) is 0 Å². The number of carbonyl (C=O) groups excluding carboxylic acids is 1. The fraction of sp³-hybridized carbons (Fsp3) is 0.615. The summed E-state index contributed by atoms with van der Waals surface area (Å²) in [6.07, 6.45) is 6.56. The van der Waals surface area contributed by atoms with Crippen LogP contribution in [0, 0.1) is 5.92 Å². The third-order valence-electron chi connectivity index (χ3n) is 3.11. The van der Waals surface area contributed by atoms with Gasteiger partial charge in [0.25, 0.3) is 0 Å². The Balaban J connectivity index is 1.66. The van der Waals surface area contributed by atoms with Crippen molar-refractivity contribution in [1.29, 1.82) is 0 Å². The molecule has 1 saturated carbocycles. The molecule has 2 nitrogen and oxygen atoms in total. The lowest BCUT2D eigenvalue weighted by Crippen LogP contribution is -2.16. The Hall–Kier alpha value is -0.670. The molecule has 1 aliphatic rings. The third-order valence-corrected chi connectivity index (χ3v) is 4.02. The Morgan fingerprint density at radius 1 is 1.38 bits per heavy atom. The van der Waals surface area contributed by atoms with Crippen molar-refractivity contribution >= 4 is 17.1 Å². The summed E-state index contributed by atoms with van der Waals surface area (Å²) in [6, 6.07) is 3.76. The van der Waals surface area contributed by atoms with E-state index in [-0.39, 0.29) is 12.4 Å². The SMILES string of the molecule is O=C(COCC1CCCCC1)c1cccs1. The number of carbonyl (C=O) groups is 1. The van der Waals surface area contributed by atoms with Crippen molar-refractivity contribution in [3.63, 3.8) is 0 Å². The topological polar surface area (TPSA) is 26.3 Å². The average molecular weight is 238 g/mol. The van der Waals surface area contributed by atoms with Crippen molar-refractivity contribution in [3.05, 3.63) is 22.4 Å². The minimum Gasteiger partial charge on any atom is -0.373 e. The number of hydrogen-bond acceptors (Lipinski definition) is 3. The number of ether oxygens (including phenoxy) is 1. The maximum atomic E-state index is 11.6. The summed E-state index contributed by atoms with van der Waals surface area (Å²) in [6.45, 7) is 1.01. The molecular weight excluding hydrogens is 220 g/mol. The van der Waals surface area contributed by atoms with Crippen LogP contribution in [-0.2, 0) is 4.74 Å². The predicted molar refractivity (Wildman–Crippen MR) is 66.0 cm³/mol. The zero-order chi connectivity index (χ0) is 11.2. The highest BCUT2D eigenvalue weighted by Gasteiger charge is 2.14. The average Bonchev–Trinajstić information content (AvgIpc) is 2.84. The van der Waals surface area contributed by atoms with E-state index in [4.69, 9.17) is 4.74 Å². The summed E-state index contributed by atoms with van der Waals surface area (Å²) in [4.78, 5) is 12.4. The van der Waals surface area contributed by atoms with Crippen molar-refractivity contribution < 1.29 is 9.53 Å². The van der Waals surface area contributed by atoms with Crippen molar-refractivity contribution in [2.24, 2.45) is 5.92 Å². The van der Waals surface area contributed by atoms with Crippen LogP contribution >= 0.6 is 11.3 Å². The van der Waals surface area contributed by atoms with Gasteiger partial charge in [0.05, 0.1) is 11.5 Å². The molecule has 16 heavy (non-hydrogen) atoms. The first kappa shape index (κ1) is 11.8. The van der Waals surface area contributed by atoms with Crippen molar-refractivity contribution in [2.45, 2.75) is 32.1 Å². The van der Waals surface area contributed by atoms with Gasteiger partial charge >= 0.3 is 0 Å². The van der Waals surface area contributed by atoms with Gasteiger partial charge < -0.3 is 4.74 Å². The molecule has 88 valence electrons. The Bertz CT molecular complexity index is 313. The van der Waals surface area contributed by atoms with Crippen LogP contribution in [0.1, 0.15) is 41.8 Å². The smallest absolute Gasteiger partial charge is 0.198 e. The van der Waals surface area contributed by atoms with Gasteiger partial charge in [-0.1, -0.05) is 25.3 Å². The zero-order valence-electron chi connectivity index (χ0n) is 9.48. The first-order chi connectivity index (χ1) is 7.86. The fourth-order valence-corrected chi connectivity index (χ4v) is 2.83. The molecule has 0 aliphatic heterocycles. The first-order valence-corrected chi connectivity index (χ1v) is 6.88. The predicted octanol–water partition coefficient (Wildman–Crippen LogP) is 3.53. The summed E-state index contributed by atoms with van der Waals surface area (Å²) >= 11 is 1.49. The van der Waals surface area contributed by atoms with Crippen LogP contribution in [0.5, 0.6) is 0 Å². The van der Waals surface area contributed by atoms with Gasteiger partial charge in [0.1, 0.15) is 6.61 Å². The molecule has 1 heterocycles. The number of thiophene rings is 1. The standard InChI is InChI=1S/C13H18O2S/c14-12(13-7-4-8-16-13)10-15-9-11-5-2-1-3-6-11/h4,7-8,11H,1-3,5-6,9-10H2. The van der Waals surface area contributed by atoms with Gasteiger partial charge in [0.15, 0.2) is 5.78 Å². The Morgan fingerprint density at radius 2 is 2.19 bits per heavy atom.